The van der Waals surface area contributed by atoms with Gasteiger partial charge in [-0.2, -0.15) is 87.8 Å². The van der Waals surface area contributed by atoms with Crippen LogP contribution in [0.3, 0.4) is 0 Å². The molecule has 240 valence electrons. The molecule has 0 bridgehead atoms. The maximum atomic E-state index is 13.8. The van der Waals surface area contributed by atoms with Gasteiger partial charge in [0, 0.05) is 0 Å². The molecular formula is C15H10ClF20NO3. The Kier molecular flexibility index (Phi) is 9.51. The fourth-order valence-corrected chi connectivity index (χ4v) is 2.30. The van der Waals surface area contributed by atoms with E-state index < -0.39 is 83.3 Å². The summed E-state index contributed by atoms with van der Waals surface area (Å²) >= 11 is 3.30. The molecule has 0 unspecified atom stereocenters. The Hall–Kier alpha value is -1.72. The molecule has 3 N–H and O–H groups in total. The van der Waals surface area contributed by atoms with Crippen molar-refractivity contribution in [1.82, 2.24) is 5.32 Å². The molecule has 0 aromatic heterocycles. The molecule has 4 nitrogen and oxygen atoms in total. The van der Waals surface area contributed by atoms with Crippen molar-refractivity contribution in [2.45, 2.75) is 71.1 Å². The summed E-state index contributed by atoms with van der Waals surface area (Å²) < 4.78 is 269. The van der Waals surface area contributed by atoms with Gasteiger partial charge in [0.15, 0.2) is 0 Å². The van der Waals surface area contributed by atoms with Crippen LogP contribution in [0.15, 0.2) is 0 Å². The highest BCUT2D eigenvalue weighted by molar-refractivity contribution is 6.22. The largest absolute Gasteiger partial charge is 0.394 e. The number of alkyl halides is 21. The van der Waals surface area contributed by atoms with Crippen LogP contribution in [-0.4, -0.2) is 93.6 Å². The predicted octanol–water partition coefficient (Wildman–Crippen LogP) is 5.40. The lowest BCUT2D eigenvalue weighted by atomic mass is 9.86. The lowest BCUT2D eigenvalue weighted by molar-refractivity contribution is -0.464. The van der Waals surface area contributed by atoms with Crippen LogP contribution in [-0.2, 0) is 4.79 Å². The highest BCUT2D eigenvalue weighted by atomic mass is 35.5. The molecule has 0 rings (SSSR count). The summed E-state index contributed by atoms with van der Waals surface area (Å²) in [5.74, 6) is -82.2. The first-order valence-electron chi connectivity index (χ1n) is 9.01. The second kappa shape index (κ2) is 9.93. The minimum absolute atomic E-state index is 0.267. The van der Waals surface area contributed by atoms with E-state index >= 15 is 0 Å². The summed E-state index contributed by atoms with van der Waals surface area (Å²) in [5.41, 5.74) is -2.91. The first-order valence-corrected chi connectivity index (χ1v) is 9.39. The van der Waals surface area contributed by atoms with Crippen molar-refractivity contribution in [3.8, 4) is 0 Å². The molecule has 0 aliphatic carbocycles. The van der Waals surface area contributed by atoms with Crippen LogP contribution in [0, 0.1) is 0 Å². The minimum atomic E-state index is -9.24. The van der Waals surface area contributed by atoms with E-state index in [-0.39, 0.29) is 6.92 Å². The van der Waals surface area contributed by atoms with Gasteiger partial charge in [0.1, 0.15) is 0 Å². The van der Waals surface area contributed by atoms with Crippen LogP contribution in [0.25, 0.3) is 0 Å². The number of hydrogen-bond acceptors (Lipinski definition) is 3. The number of carbonyl (C=O) groups is 1. The van der Waals surface area contributed by atoms with E-state index in [9.17, 15) is 92.6 Å². The van der Waals surface area contributed by atoms with Gasteiger partial charge in [0.05, 0.1) is 18.8 Å². The maximum Gasteiger partial charge on any atom is 0.393 e. The van der Waals surface area contributed by atoms with E-state index in [0.29, 0.717) is 5.32 Å². The van der Waals surface area contributed by atoms with Crippen LogP contribution in [0.1, 0.15) is 6.92 Å². The molecule has 0 aromatic rings. The van der Waals surface area contributed by atoms with Gasteiger partial charge < -0.3 is 15.5 Å². The maximum absolute atomic E-state index is 13.8. The van der Waals surface area contributed by atoms with Gasteiger partial charge in [0.2, 0.25) is 0 Å². The Bertz CT molecular complexity index is 942. The van der Waals surface area contributed by atoms with Crippen molar-refractivity contribution in [2.24, 2.45) is 0 Å². The lowest BCUT2D eigenvalue weighted by Gasteiger charge is -2.44. The molecule has 1 amide bonds. The van der Waals surface area contributed by atoms with Crippen LogP contribution >= 0.6 is 11.6 Å². The van der Waals surface area contributed by atoms with Crippen LogP contribution in [0.2, 0.25) is 0 Å². The van der Waals surface area contributed by atoms with Crippen LogP contribution in [0.5, 0.6) is 0 Å². The number of hydrogen-bond donors (Lipinski definition) is 3. The smallest absolute Gasteiger partial charge is 0.393 e. The third-order valence-corrected chi connectivity index (χ3v) is 5.15. The summed E-state index contributed by atoms with van der Waals surface area (Å²) in [6.45, 7) is -3.20. The molecule has 0 atom stereocenters. The third-order valence-electron chi connectivity index (χ3n) is 4.91. The third kappa shape index (κ3) is 4.87. The minimum Gasteiger partial charge on any atom is -0.394 e. The van der Waals surface area contributed by atoms with Gasteiger partial charge >= 0.3 is 58.7 Å². The average molecular weight is 668 g/mol. The Morgan fingerprint density at radius 2 is 0.750 bits per heavy atom. The first kappa shape index (κ1) is 38.3. The molecule has 0 saturated heterocycles. The summed E-state index contributed by atoms with van der Waals surface area (Å²) in [7, 11) is 0. The topological polar surface area (TPSA) is 69.6 Å². The van der Waals surface area contributed by atoms with E-state index in [1.807, 2.05) is 0 Å². The number of halogens is 21. The number of rotatable bonds is 13. The molecule has 0 radical (unpaired) electrons. The number of aliphatic hydroxyl groups is 2. The molecule has 0 aliphatic heterocycles. The van der Waals surface area contributed by atoms with Gasteiger partial charge in [-0.1, -0.05) is 0 Å². The Labute approximate surface area is 211 Å². The molecule has 0 aromatic carbocycles. The Morgan fingerprint density at radius 1 is 0.525 bits per heavy atom. The van der Waals surface area contributed by atoms with Crippen LogP contribution in [0.4, 0.5) is 87.8 Å². The van der Waals surface area contributed by atoms with E-state index in [2.05, 4.69) is 11.6 Å². The molecule has 0 aliphatic rings. The monoisotopic (exact) mass is 667 g/mol. The number of amides is 1. The van der Waals surface area contributed by atoms with Crippen molar-refractivity contribution in [2.75, 3.05) is 13.2 Å². The molecule has 0 spiro atoms. The zero-order valence-electron chi connectivity index (χ0n) is 18.2. The van der Waals surface area contributed by atoms with Crippen LogP contribution < -0.4 is 5.32 Å². The summed E-state index contributed by atoms with van der Waals surface area (Å²) in [4.78, 5) is 11.3. The summed E-state index contributed by atoms with van der Waals surface area (Å²) in [6.07, 6.45) is 0. The molecular weight excluding hydrogens is 658 g/mol. The summed E-state index contributed by atoms with van der Waals surface area (Å²) in [5, 5.41) is 10.8. The second-order valence-electron chi connectivity index (χ2n) is 8.00. The molecule has 40 heavy (non-hydrogen) atoms. The van der Waals surface area contributed by atoms with Gasteiger partial charge in [-0.25, -0.2) is 0 Å². The Morgan fingerprint density at radius 3 is 0.975 bits per heavy atom. The van der Waals surface area contributed by atoms with Crippen molar-refractivity contribution >= 4 is 17.5 Å². The van der Waals surface area contributed by atoms with Crippen molar-refractivity contribution in [1.29, 1.82) is 0 Å². The van der Waals surface area contributed by atoms with E-state index in [4.69, 9.17) is 10.2 Å². The number of carbonyl (C=O) groups excluding carboxylic acids is 1. The quantitative estimate of drug-likeness (QED) is 0.182. The SMILES string of the molecule is CC(CO)(CO)NC(=O)C(F)(F)C(F)(F)C(F)(F)C(F)(F)C(F)(F)C(F)(F)C(F)(F)C(F)(F)C(F)(F)C(F)(F)Cl. The van der Waals surface area contributed by atoms with E-state index in [1.54, 1.807) is 0 Å². The molecule has 25 heteroatoms. The van der Waals surface area contributed by atoms with E-state index in [1.165, 1.54) is 0 Å². The first-order chi connectivity index (χ1) is 17.0. The zero-order valence-corrected chi connectivity index (χ0v) is 18.9. The second-order valence-corrected chi connectivity index (χ2v) is 8.47. The molecule has 0 fully saturated rings. The molecule has 0 heterocycles. The van der Waals surface area contributed by atoms with Crippen molar-refractivity contribution in [3.63, 3.8) is 0 Å². The van der Waals surface area contributed by atoms with Gasteiger partial charge in [-0.05, 0) is 18.5 Å². The normalized spacial score (nSPS) is 16.3. The van der Waals surface area contributed by atoms with Crippen molar-refractivity contribution in [3.05, 3.63) is 0 Å². The standard InChI is InChI=1S/C15H10ClF20NO3/c1-5(2-38,3-39)37-4(40)6(17,18)7(19,20)8(21,22)9(23,24)10(25,26)11(27,28)12(29,30)13(31,32)14(33,34)15(16,35)36/h38-39H,2-3H2,1H3,(H,37,40). The van der Waals surface area contributed by atoms with Crippen molar-refractivity contribution < 1.29 is 103 Å². The van der Waals surface area contributed by atoms with Gasteiger partial charge in [-0.3, -0.25) is 4.79 Å². The lowest BCUT2D eigenvalue weighted by Crippen LogP contribution is -2.77. The molecule has 0 saturated carbocycles. The fourth-order valence-electron chi connectivity index (χ4n) is 2.18. The average Bonchev–Trinajstić information content (AvgIpc) is 2.76. The predicted molar refractivity (Wildman–Crippen MR) is 86.0 cm³/mol. The fraction of sp³-hybridized carbons (Fsp3) is 0.933. The number of aliphatic hydroxyl groups excluding tert-OH is 2. The van der Waals surface area contributed by atoms with Gasteiger partial charge in [-0.15, -0.1) is 0 Å². The highest BCUT2D eigenvalue weighted by Gasteiger charge is 2.98. The zero-order chi connectivity index (χ0) is 33.2. The Balaban J connectivity index is 7.09. The number of nitrogens with one attached hydrogen (secondary N) is 1. The van der Waals surface area contributed by atoms with Gasteiger partial charge in [0.25, 0.3) is 5.91 Å². The highest BCUT2D eigenvalue weighted by Crippen LogP contribution is 2.66. The summed E-state index contributed by atoms with van der Waals surface area (Å²) in [6, 6.07) is 0. The van der Waals surface area contributed by atoms with E-state index in [0.717, 1.165) is 0 Å².